The molecule has 10 heteroatoms. The molecule has 4 aromatic rings. The molecule has 2 aromatic heterocycles. The number of urea groups is 1. The molecular weight excluding hydrogens is 442 g/mol. The van der Waals surface area contributed by atoms with Crippen molar-refractivity contribution < 1.29 is 14.1 Å². The number of thiazole rings is 1. The van der Waals surface area contributed by atoms with Gasteiger partial charge in [-0.15, -0.1) is 11.3 Å². The van der Waals surface area contributed by atoms with Gasteiger partial charge in [-0.25, -0.2) is 9.78 Å². The summed E-state index contributed by atoms with van der Waals surface area (Å²) in [5.41, 5.74) is 1.93. The summed E-state index contributed by atoms with van der Waals surface area (Å²) in [6.07, 6.45) is 0. The molecule has 0 bridgehead atoms. The number of fused-ring (bicyclic) bond motifs is 1. The van der Waals surface area contributed by atoms with Crippen LogP contribution in [0.4, 0.5) is 16.2 Å². The predicted octanol–water partition coefficient (Wildman–Crippen LogP) is 4.50. The first-order valence-corrected chi connectivity index (χ1v) is 11.4. The smallest absolute Gasteiger partial charge is 0.317 e. The minimum absolute atomic E-state index is 0.0704. The van der Waals surface area contributed by atoms with Crippen LogP contribution in [0.15, 0.2) is 65.1 Å². The average Bonchev–Trinajstić information content (AvgIpc) is 3.50. The van der Waals surface area contributed by atoms with E-state index in [1.165, 1.54) is 12.1 Å². The predicted molar refractivity (Wildman–Crippen MR) is 126 cm³/mol. The van der Waals surface area contributed by atoms with Crippen LogP contribution in [0, 0.1) is 10.1 Å². The lowest BCUT2D eigenvalue weighted by Gasteiger charge is -2.36. The number of carbonyl (C=O) groups is 1. The highest BCUT2D eigenvalue weighted by Gasteiger charge is 2.22. The first kappa shape index (κ1) is 21.0. The van der Waals surface area contributed by atoms with E-state index < -0.39 is 4.92 Å². The molecule has 1 aliphatic heterocycles. The summed E-state index contributed by atoms with van der Waals surface area (Å²) in [6.45, 7) is 2.75. The maximum atomic E-state index is 12.6. The number of furan rings is 1. The van der Waals surface area contributed by atoms with E-state index in [0.29, 0.717) is 44.2 Å². The number of rotatable bonds is 5. The Hall–Kier alpha value is -3.92. The number of nitrogens with one attached hydrogen (secondary N) is 1. The van der Waals surface area contributed by atoms with Gasteiger partial charge in [-0.2, -0.15) is 0 Å². The molecule has 5 rings (SSSR count). The number of benzene rings is 2. The van der Waals surface area contributed by atoms with Gasteiger partial charge in [-0.3, -0.25) is 10.1 Å². The fraction of sp³-hybridized carbons (Fsp3) is 0.217. The quantitative estimate of drug-likeness (QED) is 0.345. The van der Waals surface area contributed by atoms with E-state index >= 15 is 0 Å². The van der Waals surface area contributed by atoms with E-state index in [9.17, 15) is 14.9 Å². The molecule has 3 heterocycles. The van der Waals surface area contributed by atoms with Gasteiger partial charge in [0.1, 0.15) is 5.76 Å². The minimum Gasteiger partial charge on any atom is -0.457 e. The third kappa shape index (κ3) is 4.51. The second-order valence-corrected chi connectivity index (χ2v) is 8.69. The number of para-hydroxylation sites is 1. The number of piperazine rings is 1. The van der Waals surface area contributed by atoms with E-state index in [1.807, 2.05) is 36.4 Å². The number of aromatic nitrogens is 1. The molecule has 1 fully saturated rings. The summed E-state index contributed by atoms with van der Waals surface area (Å²) in [5.74, 6) is 1.36. The maximum absolute atomic E-state index is 12.6. The highest BCUT2D eigenvalue weighted by molar-refractivity contribution is 7.21. The van der Waals surface area contributed by atoms with Crippen LogP contribution < -0.4 is 10.2 Å². The number of nitro benzene ring substituents is 1. The van der Waals surface area contributed by atoms with Crippen LogP contribution in [-0.4, -0.2) is 47.0 Å². The number of anilines is 1. The van der Waals surface area contributed by atoms with E-state index in [-0.39, 0.29) is 11.7 Å². The van der Waals surface area contributed by atoms with Crippen LogP contribution in [0.5, 0.6) is 0 Å². The van der Waals surface area contributed by atoms with E-state index in [1.54, 1.807) is 28.4 Å². The number of nitrogens with zero attached hydrogens (tertiary/aromatic N) is 4. The number of hydrogen-bond donors (Lipinski definition) is 1. The van der Waals surface area contributed by atoms with Gasteiger partial charge in [0.2, 0.25) is 0 Å². The second kappa shape index (κ2) is 8.91. The molecule has 2 aromatic carbocycles. The van der Waals surface area contributed by atoms with Crippen molar-refractivity contribution in [2.24, 2.45) is 0 Å². The molecule has 0 saturated carbocycles. The van der Waals surface area contributed by atoms with Crippen LogP contribution >= 0.6 is 11.3 Å². The van der Waals surface area contributed by atoms with Gasteiger partial charge in [0, 0.05) is 44.0 Å². The lowest BCUT2D eigenvalue weighted by molar-refractivity contribution is -0.384. The molecule has 33 heavy (non-hydrogen) atoms. The summed E-state index contributed by atoms with van der Waals surface area (Å²) in [5, 5.41) is 14.5. The molecule has 9 nitrogen and oxygen atoms in total. The number of non-ortho nitro benzene ring substituents is 1. The summed E-state index contributed by atoms with van der Waals surface area (Å²) in [6, 6.07) is 18.0. The highest BCUT2D eigenvalue weighted by Crippen LogP contribution is 2.31. The van der Waals surface area contributed by atoms with Gasteiger partial charge in [-0.05, 0) is 36.4 Å². The van der Waals surface area contributed by atoms with Gasteiger partial charge in [-0.1, -0.05) is 12.1 Å². The molecule has 0 atom stereocenters. The van der Waals surface area contributed by atoms with Crippen LogP contribution in [0.25, 0.3) is 21.0 Å². The molecule has 168 valence electrons. The molecule has 1 N–H and O–H groups in total. The Labute approximate surface area is 193 Å². The first-order valence-electron chi connectivity index (χ1n) is 10.5. The molecule has 0 spiro atoms. The van der Waals surface area contributed by atoms with E-state index in [2.05, 4.69) is 15.2 Å². The fourth-order valence-corrected chi connectivity index (χ4v) is 4.72. The third-order valence-electron chi connectivity index (χ3n) is 5.57. The SMILES string of the molecule is O=C(NCc1ccc(-c2nc3ccccc3s2)o1)N1CCN(c2ccc([N+](=O)[O-])cc2)CC1. The van der Waals surface area contributed by atoms with Crippen LogP contribution in [0.2, 0.25) is 0 Å². The Morgan fingerprint density at radius 1 is 1.06 bits per heavy atom. The summed E-state index contributed by atoms with van der Waals surface area (Å²) < 4.78 is 7.00. The topological polar surface area (TPSA) is 105 Å². The van der Waals surface area contributed by atoms with Crippen molar-refractivity contribution in [3.8, 4) is 10.8 Å². The highest BCUT2D eigenvalue weighted by atomic mass is 32.1. The number of amides is 2. The van der Waals surface area contributed by atoms with Crippen molar-refractivity contribution in [2.75, 3.05) is 31.1 Å². The molecule has 2 amide bonds. The minimum atomic E-state index is -0.410. The Morgan fingerprint density at radius 3 is 2.55 bits per heavy atom. The van der Waals surface area contributed by atoms with Crippen molar-refractivity contribution in [3.05, 3.63) is 76.5 Å². The Kier molecular flexibility index (Phi) is 5.66. The van der Waals surface area contributed by atoms with Crippen LogP contribution in [0.3, 0.4) is 0 Å². The fourth-order valence-electron chi connectivity index (χ4n) is 3.79. The van der Waals surface area contributed by atoms with Crippen molar-refractivity contribution in [2.45, 2.75) is 6.54 Å². The summed E-state index contributed by atoms with van der Waals surface area (Å²) in [7, 11) is 0. The van der Waals surface area contributed by atoms with Gasteiger partial charge < -0.3 is 19.5 Å². The number of nitro groups is 1. The maximum Gasteiger partial charge on any atom is 0.317 e. The van der Waals surface area contributed by atoms with Crippen molar-refractivity contribution in [3.63, 3.8) is 0 Å². The van der Waals surface area contributed by atoms with Gasteiger partial charge in [0.15, 0.2) is 10.8 Å². The monoisotopic (exact) mass is 463 g/mol. The Balaban J connectivity index is 1.13. The third-order valence-corrected chi connectivity index (χ3v) is 6.62. The largest absolute Gasteiger partial charge is 0.457 e. The molecule has 1 saturated heterocycles. The van der Waals surface area contributed by atoms with Gasteiger partial charge in [0.25, 0.3) is 5.69 Å². The van der Waals surface area contributed by atoms with E-state index in [4.69, 9.17) is 4.42 Å². The second-order valence-electron chi connectivity index (χ2n) is 7.66. The van der Waals surface area contributed by atoms with Crippen molar-refractivity contribution >= 4 is 39.0 Å². The lowest BCUT2D eigenvalue weighted by Crippen LogP contribution is -2.51. The van der Waals surface area contributed by atoms with Crippen LogP contribution in [0.1, 0.15) is 5.76 Å². The number of carbonyl (C=O) groups excluding carboxylic acids is 1. The zero-order valence-corrected chi connectivity index (χ0v) is 18.5. The number of hydrogen-bond acceptors (Lipinski definition) is 7. The van der Waals surface area contributed by atoms with Gasteiger partial charge >= 0.3 is 6.03 Å². The molecule has 0 unspecified atom stereocenters. The molecule has 0 aliphatic carbocycles. The Bertz CT molecular complexity index is 1260. The molecular formula is C23H21N5O4S. The zero-order chi connectivity index (χ0) is 22.8. The lowest BCUT2D eigenvalue weighted by atomic mass is 10.2. The summed E-state index contributed by atoms with van der Waals surface area (Å²) in [4.78, 5) is 31.5. The van der Waals surface area contributed by atoms with Crippen molar-refractivity contribution in [1.82, 2.24) is 15.2 Å². The van der Waals surface area contributed by atoms with Crippen LogP contribution in [-0.2, 0) is 6.54 Å². The normalized spacial score (nSPS) is 13.9. The van der Waals surface area contributed by atoms with E-state index in [0.717, 1.165) is 20.9 Å². The first-order chi connectivity index (χ1) is 16.1. The molecule has 0 radical (unpaired) electrons. The van der Waals surface area contributed by atoms with Gasteiger partial charge in [0.05, 0.1) is 21.7 Å². The average molecular weight is 464 g/mol. The zero-order valence-electron chi connectivity index (χ0n) is 17.6. The standard InChI is InChI=1S/C23H21N5O4S/c29-23(27-13-11-26(12-14-27)16-5-7-17(8-6-16)28(30)31)24-15-18-9-10-20(32-18)22-25-19-3-1-2-4-21(19)33-22/h1-10H,11-15H2,(H,24,29). The molecule has 1 aliphatic rings. The van der Waals surface area contributed by atoms with Crippen molar-refractivity contribution in [1.29, 1.82) is 0 Å². The Morgan fingerprint density at radius 2 is 1.82 bits per heavy atom. The summed E-state index contributed by atoms with van der Waals surface area (Å²) >= 11 is 1.57.